The molecule has 1 heterocycles. The molecule has 1 aliphatic heterocycles. The van der Waals surface area contributed by atoms with Crippen molar-refractivity contribution in [3.8, 4) is 0 Å². The minimum atomic E-state index is 0.0837. The van der Waals surface area contributed by atoms with Gasteiger partial charge < -0.3 is 5.73 Å². The molecule has 0 aromatic heterocycles. The SMILES string of the molecule is NC1(C2CCSc3c(Cl)cccc32)CC1. The van der Waals surface area contributed by atoms with E-state index in [-0.39, 0.29) is 5.54 Å². The zero-order valence-electron chi connectivity index (χ0n) is 8.50. The van der Waals surface area contributed by atoms with Crippen LogP contribution in [0, 0.1) is 0 Å². The van der Waals surface area contributed by atoms with Gasteiger partial charge in [0.15, 0.2) is 0 Å². The van der Waals surface area contributed by atoms with Crippen LogP contribution in [0.4, 0.5) is 0 Å². The van der Waals surface area contributed by atoms with Crippen molar-refractivity contribution in [1.82, 2.24) is 0 Å². The third-order valence-corrected chi connectivity index (χ3v) is 5.16. The van der Waals surface area contributed by atoms with Crippen molar-refractivity contribution >= 4 is 23.4 Å². The van der Waals surface area contributed by atoms with Crippen molar-refractivity contribution in [3.63, 3.8) is 0 Å². The summed E-state index contributed by atoms with van der Waals surface area (Å²) in [5.74, 6) is 1.69. The van der Waals surface area contributed by atoms with Gasteiger partial charge >= 0.3 is 0 Å². The van der Waals surface area contributed by atoms with Gasteiger partial charge in [0.1, 0.15) is 0 Å². The highest BCUT2D eigenvalue weighted by Crippen LogP contribution is 2.52. The highest BCUT2D eigenvalue weighted by atomic mass is 35.5. The minimum absolute atomic E-state index is 0.0837. The van der Waals surface area contributed by atoms with Crippen LogP contribution in [0.25, 0.3) is 0 Å². The summed E-state index contributed by atoms with van der Waals surface area (Å²) in [5, 5.41) is 0.895. The van der Waals surface area contributed by atoms with Crippen LogP contribution >= 0.6 is 23.4 Å². The van der Waals surface area contributed by atoms with E-state index in [4.69, 9.17) is 17.3 Å². The Kier molecular flexibility index (Phi) is 2.27. The van der Waals surface area contributed by atoms with E-state index in [0.717, 1.165) is 10.8 Å². The van der Waals surface area contributed by atoms with Crippen molar-refractivity contribution in [3.05, 3.63) is 28.8 Å². The highest BCUT2D eigenvalue weighted by Gasteiger charge is 2.47. The first-order valence-corrected chi connectivity index (χ1v) is 6.77. The molecule has 1 unspecified atom stereocenters. The number of halogens is 1. The molecule has 3 heteroatoms. The maximum atomic E-state index is 6.33. The van der Waals surface area contributed by atoms with Crippen molar-refractivity contribution in [2.45, 2.75) is 35.6 Å². The topological polar surface area (TPSA) is 26.0 Å². The Morgan fingerprint density at radius 3 is 2.93 bits per heavy atom. The molecule has 1 aliphatic carbocycles. The average Bonchev–Trinajstić information content (AvgIpc) is 2.98. The highest BCUT2D eigenvalue weighted by molar-refractivity contribution is 7.99. The van der Waals surface area contributed by atoms with Gasteiger partial charge in [0.25, 0.3) is 0 Å². The van der Waals surface area contributed by atoms with Crippen molar-refractivity contribution in [2.24, 2.45) is 5.73 Å². The molecule has 1 saturated carbocycles. The van der Waals surface area contributed by atoms with E-state index in [2.05, 4.69) is 6.07 Å². The van der Waals surface area contributed by atoms with Gasteiger partial charge in [-0.15, -0.1) is 11.8 Å². The zero-order valence-corrected chi connectivity index (χ0v) is 10.1. The van der Waals surface area contributed by atoms with Crippen LogP contribution in [-0.4, -0.2) is 11.3 Å². The maximum absolute atomic E-state index is 6.33. The first kappa shape index (κ1) is 10.0. The summed E-state index contributed by atoms with van der Waals surface area (Å²) in [6.45, 7) is 0. The smallest absolute Gasteiger partial charge is 0.0544 e. The van der Waals surface area contributed by atoms with Crippen LogP contribution in [0.1, 0.15) is 30.7 Å². The lowest BCUT2D eigenvalue weighted by atomic mass is 9.87. The Labute approximate surface area is 99.4 Å². The molecule has 0 bridgehead atoms. The van der Waals surface area contributed by atoms with Crippen LogP contribution in [-0.2, 0) is 0 Å². The van der Waals surface area contributed by atoms with Crippen LogP contribution < -0.4 is 5.73 Å². The number of hydrogen-bond acceptors (Lipinski definition) is 2. The van der Waals surface area contributed by atoms with Gasteiger partial charge in [-0.1, -0.05) is 23.7 Å². The summed E-state index contributed by atoms with van der Waals surface area (Å²) in [6.07, 6.45) is 3.55. The number of fused-ring (bicyclic) bond motifs is 1. The maximum Gasteiger partial charge on any atom is 0.0544 e. The van der Waals surface area contributed by atoms with E-state index < -0.39 is 0 Å². The van der Waals surface area contributed by atoms with Gasteiger partial charge in [-0.25, -0.2) is 0 Å². The van der Waals surface area contributed by atoms with Crippen molar-refractivity contribution < 1.29 is 0 Å². The lowest BCUT2D eigenvalue weighted by Gasteiger charge is -2.30. The van der Waals surface area contributed by atoms with Gasteiger partial charge in [0.2, 0.25) is 0 Å². The monoisotopic (exact) mass is 239 g/mol. The number of benzene rings is 1. The zero-order chi connectivity index (χ0) is 10.5. The van der Waals surface area contributed by atoms with E-state index in [9.17, 15) is 0 Å². The molecule has 15 heavy (non-hydrogen) atoms. The number of hydrogen-bond donors (Lipinski definition) is 1. The molecular weight excluding hydrogens is 226 g/mol. The Bertz CT molecular complexity index is 401. The third-order valence-electron chi connectivity index (χ3n) is 3.55. The Morgan fingerprint density at radius 1 is 1.40 bits per heavy atom. The van der Waals surface area contributed by atoms with Gasteiger partial charge in [-0.05, 0) is 36.6 Å². The summed E-state index contributed by atoms with van der Waals surface area (Å²) in [5.41, 5.74) is 7.81. The molecule has 1 atom stereocenters. The number of thioether (sulfide) groups is 1. The van der Waals surface area contributed by atoms with Crippen LogP contribution in [0.15, 0.2) is 23.1 Å². The van der Waals surface area contributed by atoms with E-state index in [0.29, 0.717) is 5.92 Å². The van der Waals surface area contributed by atoms with Gasteiger partial charge in [0.05, 0.1) is 5.02 Å². The first-order chi connectivity index (χ1) is 7.21. The molecule has 2 aliphatic rings. The summed E-state index contributed by atoms with van der Waals surface area (Å²) >= 11 is 8.09. The first-order valence-electron chi connectivity index (χ1n) is 5.41. The second kappa shape index (κ2) is 3.41. The summed E-state index contributed by atoms with van der Waals surface area (Å²) in [4.78, 5) is 1.27. The molecule has 3 rings (SSSR count). The van der Waals surface area contributed by atoms with E-state index in [1.54, 1.807) is 0 Å². The molecular formula is C12H14ClNS. The normalized spacial score (nSPS) is 27.2. The molecule has 80 valence electrons. The van der Waals surface area contributed by atoms with Crippen molar-refractivity contribution in [2.75, 3.05) is 5.75 Å². The van der Waals surface area contributed by atoms with Crippen LogP contribution in [0.5, 0.6) is 0 Å². The van der Waals surface area contributed by atoms with Gasteiger partial charge in [0, 0.05) is 16.4 Å². The van der Waals surface area contributed by atoms with Gasteiger partial charge in [-0.3, -0.25) is 0 Å². The lowest BCUT2D eigenvalue weighted by molar-refractivity contribution is 0.497. The predicted octanol–water partition coefficient (Wildman–Crippen LogP) is 3.41. The molecule has 0 radical (unpaired) electrons. The largest absolute Gasteiger partial charge is 0.325 e. The summed E-state index contributed by atoms with van der Waals surface area (Å²) in [7, 11) is 0. The van der Waals surface area contributed by atoms with E-state index in [1.807, 2.05) is 23.9 Å². The molecule has 2 N–H and O–H groups in total. The minimum Gasteiger partial charge on any atom is -0.325 e. The van der Waals surface area contributed by atoms with E-state index >= 15 is 0 Å². The molecule has 0 amide bonds. The number of nitrogens with two attached hydrogens (primary N) is 1. The third kappa shape index (κ3) is 1.59. The molecule has 1 aromatic rings. The Balaban J connectivity index is 2.07. The Morgan fingerprint density at radius 2 is 2.20 bits per heavy atom. The summed E-state index contributed by atoms with van der Waals surface area (Å²) in [6, 6.07) is 6.22. The average molecular weight is 240 g/mol. The van der Waals surface area contributed by atoms with Crippen molar-refractivity contribution in [1.29, 1.82) is 0 Å². The quantitative estimate of drug-likeness (QED) is 0.813. The van der Waals surface area contributed by atoms with E-state index in [1.165, 1.54) is 29.7 Å². The molecule has 1 nitrogen and oxygen atoms in total. The fraction of sp³-hybridized carbons (Fsp3) is 0.500. The molecule has 0 saturated heterocycles. The van der Waals surface area contributed by atoms with Gasteiger partial charge in [-0.2, -0.15) is 0 Å². The molecule has 0 spiro atoms. The molecule has 1 fully saturated rings. The lowest BCUT2D eigenvalue weighted by Crippen LogP contribution is -2.32. The van der Waals surface area contributed by atoms with Crippen LogP contribution in [0.3, 0.4) is 0 Å². The molecule has 1 aromatic carbocycles. The second-order valence-electron chi connectivity index (χ2n) is 4.58. The second-order valence-corrected chi connectivity index (χ2v) is 6.09. The fourth-order valence-electron chi connectivity index (χ4n) is 2.48. The number of rotatable bonds is 1. The standard InChI is InChI=1S/C12H14ClNS/c13-10-3-1-2-8-9(12(14)5-6-12)4-7-15-11(8)10/h1-3,9H,4-7,14H2. The Hall–Kier alpha value is -0.180. The fourth-order valence-corrected chi connectivity index (χ4v) is 3.96. The summed E-state index contributed by atoms with van der Waals surface area (Å²) < 4.78 is 0. The predicted molar refractivity (Wildman–Crippen MR) is 65.7 cm³/mol. The van der Waals surface area contributed by atoms with Crippen LogP contribution in [0.2, 0.25) is 5.02 Å².